The van der Waals surface area contributed by atoms with Crippen molar-refractivity contribution in [1.82, 2.24) is 5.32 Å². The van der Waals surface area contributed by atoms with Gasteiger partial charge in [0.2, 0.25) is 0 Å². The SMILES string of the molecule is CCC(C)CS(=O)Cc1cc(CNC)ccc1OC. The number of ether oxygens (including phenoxy) is 1. The Labute approximate surface area is 119 Å². The van der Waals surface area contributed by atoms with Crippen LogP contribution in [0.1, 0.15) is 31.4 Å². The topological polar surface area (TPSA) is 38.3 Å². The van der Waals surface area contributed by atoms with E-state index in [1.807, 2.05) is 19.2 Å². The quantitative estimate of drug-likeness (QED) is 0.797. The Morgan fingerprint density at radius 2 is 2.16 bits per heavy atom. The van der Waals surface area contributed by atoms with Gasteiger partial charge in [-0.05, 0) is 30.7 Å². The van der Waals surface area contributed by atoms with Gasteiger partial charge in [-0.2, -0.15) is 0 Å². The van der Waals surface area contributed by atoms with Crippen LogP contribution in [-0.4, -0.2) is 24.1 Å². The van der Waals surface area contributed by atoms with Crippen molar-refractivity contribution >= 4 is 10.8 Å². The summed E-state index contributed by atoms with van der Waals surface area (Å²) in [6.07, 6.45) is 1.07. The van der Waals surface area contributed by atoms with Crippen molar-refractivity contribution < 1.29 is 8.95 Å². The maximum Gasteiger partial charge on any atom is 0.123 e. The van der Waals surface area contributed by atoms with Crippen molar-refractivity contribution in [1.29, 1.82) is 0 Å². The van der Waals surface area contributed by atoms with E-state index in [9.17, 15) is 4.21 Å². The zero-order valence-corrected chi connectivity index (χ0v) is 13.2. The first-order valence-electron chi connectivity index (χ1n) is 6.76. The molecule has 2 unspecified atom stereocenters. The number of hydrogen-bond donors (Lipinski definition) is 1. The van der Waals surface area contributed by atoms with Crippen LogP contribution in [0.15, 0.2) is 18.2 Å². The lowest BCUT2D eigenvalue weighted by molar-refractivity contribution is 0.411. The summed E-state index contributed by atoms with van der Waals surface area (Å²) in [5.74, 6) is 2.67. The van der Waals surface area contributed by atoms with Crippen molar-refractivity contribution in [2.24, 2.45) is 5.92 Å². The minimum Gasteiger partial charge on any atom is -0.496 e. The lowest BCUT2D eigenvalue weighted by atomic mass is 10.1. The minimum absolute atomic E-state index is 0.507. The van der Waals surface area contributed by atoms with E-state index in [1.165, 1.54) is 5.56 Å². The van der Waals surface area contributed by atoms with Gasteiger partial charge in [0.15, 0.2) is 0 Å². The molecule has 0 aliphatic rings. The zero-order chi connectivity index (χ0) is 14.3. The van der Waals surface area contributed by atoms with Crippen LogP contribution in [0.2, 0.25) is 0 Å². The van der Waals surface area contributed by atoms with E-state index in [-0.39, 0.29) is 0 Å². The first kappa shape index (κ1) is 16.2. The van der Waals surface area contributed by atoms with Gasteiger partial charge in [0.25, 0.3) is 0 Å². The van der Waals surface area contributed by atoms with Gasteiger partial charge in [0.05, 0.1) is 12.9 Å². The second kappa shape index (κ2) is 8.33. The van der Waals surface area contributed by atoms with Crippen molar-refractivity contribution in [3.8, 4) is 5.75 Å². The summed E-state index contributed by atoms with van der Waals surface area (Å²) in [5.41, 5.74) is 2.23. The summed E-state index contributed by atoms with van der Waals surface area (Å²) in [7, 11) is 2.76. The lowest BCUT2D eigenvalue weighted by Crippen LogP contribution is -2.10. The summed E-state index contributed by atoms with van der Waals surface area (Å²) >= 11 is 0. The molecular weight excluding hydrogens is 258 g/mol. The third-order valence-corrected chi connectivity index (χ3v) is 4.78. The Morgan fingerprint density at radius 3 is 2.74 bits per heavy atom. The lowest BCUT2D eigenvalue weighted by Gasteiger charge is -2.12. The van der Waals surface area contributed by atoms with Gasteiger partial charge in [-0.3, -0.25) is 4.21 Å². The highest BCUT2D eigenvalue weighted by Crippen LogP contribution is 2.22. The Bertz CT molecular complexity index is 421. The average Bonchev–Trinajstić information content (AvgIpc) is 2.39. The highest BCUT2D eigenvalue weighted by molar-refractivity contribution is 7.84. The van der Waals surface area contributed by atoms with Crippen LogP contribution >= 0.6 is 0 Å². The Hall–Kier alpha value is -0.870. The van der Waals surface area contributed by atoms with Crippen molar-refractivity contribution in [2.45, 2.75) is 32.6 Å². The molecule has 0 spiro atoms. The van der Waals surface area contributed by atoms with Crippen molar-refractivity contribution in [3.63, 3.8) is 0 Å². The molecule has 0 heterocycles. The van der Waals surface area contributed by atoms with E-state index in [1.54, 1.807) is 7.11 Å². The highest BCUT2D eigenvalue weighted by Gasteiger charge is 2.11. The highest BCUT2D eigenvalue weighted by atomic mass is 32.2. The largest absolute Gasteiger partial charge is 0.496 e. The fraction of sp³-hybridized carbons (Fsp3) is 0.600. The second-order valence-electron chi connectivity index (χ2n) is 4.94. The number of benzene rings is 1. The van der Waals surface area contributed by atoms with Gasteiger partial charge in [0.1, 0.15) is 5.75 Å². The molecule has 0 fully saturated rings. The van der Waals surface area contributed by atoms with Crippen LogP contribution in [0.3, 0.4) is 0 Å². The molecule has 0 saturated carbocycles. The van der Waals surface area contributed by atoms with E-state index in [2.05, 4.69) is 25.2 Å². The smallest absolute Gasteiger partial charge is 0.123 e. The summed E-state index contributed by atoms with van der Waals surface area (Å²) in [4.78, 5) is 0. The third-order valence-electron chi connectivity index (χ3n) is 3.21. The van der Waals surface area contributed by atoms with Gasteiger partial charge >= 0.3 is 0 Å². The molecule has 0 radical (unpaired) electrons. The van der Waals surface area contributed by atoms with Crippen LogP contribution in [0.4, 0.5) is 0 Å². The molecule has 108 valence electrons. The first-order chi connectivity index (χ1) is 9.10. The molecular formula is C15H25NO2S. The Morgan fingerprint density at radius 1 is 1.42 bits per heavy atom. The molecule has 0 aromatic heterocycles. The number of nitrogens with one attached hydrogen (secondary N) is 1. The van der Waals surface area contributed by atoms with Crippen LogP contribution in [0.5, 0.6) is 5.75 Å². The fourth-order valence-electron chi connectivity index (χ4n) is 1.93. The van der Waals surface area contributed by atoms with E-state index >= 15 is 0 Å². The molecule has 0 aliphatic carbocycles. The van der Waals surface area contributed by atoms with Gasteiger partial charge in [-0.25, -0.2) is 0 Å². The van der Waals surface area contributed by atoms with E-state index in [0.717, 1.165) is 30.0 Å². The molecule has 2 atom stereocenters. The molecule has 0 aliphatic heterocycles. The van der Waals surface area contributed by atoms with E-state index < -0.39 is 10.8 Å². The molecule has 1 aromatic carbocycles. The molecule has 0 amide bonds. The summed E-state index contributed by atoms with van der Waals surface area (Å²) < 4.78 is 17.5. The predicted octanol–water partition coefficient (Wildman–Crippen LogP) is 2.71. The second-order valence-corrected chi connectivity index (χ2v) is 6.44. The summed E-state index contributed by atoms with van der Waals surface area (Å²) in [6.45, 7) is 5.09. The summed E-state index contributed by atoms with van der Waals surface area (Å²) in [5, 5.41) is 3.13. The zero-order valence-electron chi connectivity index (χ0n) is 12.4. The standard InChI is InChI=1S/C15H25NO2S/c1-5-12(2)10-19(17)11-14-8-13(9-16-3)6-7-15(14)18-4/h6-8,12,16H,5,9-11H2,1-4H3. The maximum absolute atomic E-state index is 12.2. The van der Waals surface area contributed by atoms with E-state index in [4.69, 9.17) is 4.74 Å². The van der Waals surface area contributed by atoms with Gasteiger partial charge in [-0.1, -0.05) is 26.3 Å². The number of rotatable bonds is 8. The third kappa shape index (κ3) is 5.33. The van der Waals surface area contributed by atoms with Crippen molar-refractivity contribution in [2.75, 3.05) is 19.9 Å². The van der Waals surface area contributed by atoms with Gasteiger partial charge < -0.3 is 10.1 Å². The van der Waals surface area contributed by atoms with Crippen LogP contribution in [0.25, 0.3) is 0 Å². The molecule has 0 bridgehead atoms. The molecule has 3 nitrogen and oxygen atoms in total. The van der Waals surface area contributed by atoms with Crippen LogP contribution < -0.4 is 10.1 Å². The van der Waals surface area contributed by atoms with Gasteiger partial charge in [0, 0.05) is 28.7 Å². The monoisotopic (exact) mass is 283 g/mol. The minimum atomic E-state index is -0.825. The first-order valence-corrected chi connectivity index (χ1v) is 8.24. The molecule has 1 rings (SSSR count). The Kier molecular flexibility index (Phi) is 7.10. The molecule has 1 N–H and O–H groups in total. The molecule has 19 heavy (non-hydrogen) atoms. The maximum atomic E-state index is 12.2. The van der Waals surface area contributed by atoms with E-state index in [0.29, 0.717) is 11.7 Å². The van der Waals surface area contributed by atoms with Crippen LogP contribution in [0, 0.1) is 5.92 Å². The average molecular weight is 283 g/mol. The Balaban J connectivity index is 2.79. The van der Waals surface area contributed by atoms with Crippen LogP contribution in [-0.2, 0) is 23.1 Å². The predicted molar refractivity (Wildman–Crippen MR) is 81.9 cm³/mol. The molecule has 0 saturated heterocycles. The number of methoxy groups -OCH3 is 1. The van der Waals surface area contributed by atoms with Gasteiger partial charge in [-0.15, -0.1) is 0 Å². The fourth-order valence-corrected chi connectivity index (χ4v) is 3.49. The number of hydrogen-bond acceptors (Lipinski definition) is 3. The normalized spacial score (nSPS) is 14.1. The molecule has 4 heteroatoms. The van der Waals surface area contributed by atoms with Crippen molar-refractivity contribution in [3.05, 3.63) is 29.3 Å². The molecule has 1 aromatic rings. The summed E-state index contributed by atoms with van der Waals surface area (Å²) in [6, 6.07) is 6.09.